The summed E-state index contributed by atoms with van der Waals surface area (Å²) in [4.78, 5) is 3.99. The normalized spacial score (nSPS) is 10.6. The first-order chi connectivity index (χ1) is 8.33. The molecule has 0 aliphatic heterocycles. The Balaban J connectivity index is 2.01. The molecule has 0 fully saturated rings. The molecule has 1 N–H and O–H groups in total. The van der Waals surface area contributed by atoms with E-state index >= 15 is 0 Å². The molecule has 0 aliphatic carbocycles. The van der Waals surface area contributed by atoms with Crippen molar-refractivity contribution in [2.24, 2.45) is 0 Å². The van der Waals surface area contributed by atoms with E-state index in [0.29, 0.717) is 16.7 Å². The zero-order valence-electron chi connectivity index (χ0n) is 8.71. The van der Waals surface area contributed by atoms with Gasteiger partial charge in [-0.05, 0) is 12.1 Å². The Kier molecular flexibility index (Phi) is 2.38. The molecule has 0 spiro atoms. The number of benzene rings is 1. The van der Waals surface area contributed by atoms with Crippen molar-refractivity contribution in [3.8, 4) is 0 Å². The molecule has 0 bridgehead atoms. The fourth-order valence-corrected chi connectivity index (χ4v) is 1.65. The molecule has 0 saturated carbocycles. The van der Waals surface area contributed by atoms with Gasteiger partial charge in [-0.25, -0.2) is 4.98 Å². The molecule has 0 unspecified atom stereocenters. The molecule has 2 aromatic heterocycles. The molecule has 2 heterocycles. The van der Waals surface area contributed by atoms with Crippen LogP contribution in [-0.2, 0) is 0 Å². The lowest BCUT2D eigenvalue weighted by atomic mass is 10.3. The number of rotatable bonds is 2. The molecular weight excluding hydrogens is 238 g/mol. The average molecular weight is 246 g/mol. The minimum absolute atomic E-state index is 0.399. The standard InChI is InChI=1S/C11H8ClN5/c12-9-6-10-15-16-11(17(10)7-13-9)14-8-4-2-1-3-5-8/h1-7H,(H,14,16). The van der Waals surface area contributed by atoms with Crippen LogP contribution in [-0.4, -0.2) is 19.6 Å². The molecule has 84 valence electrons. The molecule has 0 aliphatic rings. The number of hydrogen-bond donors (Lipinski definition) is 1. The molecule has 17 heavy (non-hydrogen) atoms. The molecule has 6 heteroatoms. The summed E-state index contributed by atoms with van der Waals surface area (Å²) < 4.78 is 1.74. The lowest BCUT2D eigenvalue weighted by Crippen LogP contribution is -1.97. The van der Waals surface area contributed by atoms with E-state index in [1.54, 1.807) is 16.8 Å². The number of aromatic nitrogens is 4. The summed E-state index contributed by atoms with van der Waals surface area (Å²) in [6.45, 7) is 0. The summed E-state index contributed by atoms with van der Waals surface area (Å²) in [6, 6.07) is 11.4. The van der Waals surface area contributed by atoms with Crippen molar-refractivity contribution in [1.82, 2.24) is 19.6 Å². The number of hydrogen-bond acceptors (Lipinski definition) is 4. The maximum absolute atomic E-state index is 5.78. The zero-order chi connectivity index (χ0) is 11.7. The maximum Gasteiger partial charge on any atom is 0.234 e. The summed E-state index contributed by atoms with van der Waals surface area (Å²) in [5.41, 5.74) is 1.60. The van der Waals surface area contributed by atoms with Gasteiger partial charge in [0.1, 0.15) is 11.5 Å². The van der Waals surface area contributed by atoms with Gasteiger partial charge in [0.2, 0.25) is 5.95 Å². The molecule has 0 saturated heterocycles. The van der Waals surface area contributed by atoms with Crippen molar-refractivity contribution < 1.29 is 0 Å². The summed E-state index contributed by atoms with van der Waals surface area (Å²) >= 11 is 5.78. The lowest BCUT2D eigenvalue weighted by Gasteiger charge is -2.03. The topological polar surface area (TPSA) is 55.1 Å². The second-order valence-electron chi connectivity index (χ2n) is 3.45. The van der Waals surface area contributed by atoms with Gasteiger partial charge in [-0.15, -0.1) is 10.2 Å². The van der Waals surface area contributed by atoms with Crippen LogP contribution in [0.5, 0.6) is 0 Å². The Hall–Kier alpha value is -2.14. The Bertz CT molecular complexity index is 649. The number of anilines is 2. The highest BCUT2D eigenvalue weighted by Crippen LogP contribution is 2.16. The average Bonchev–Trinajstić information content (AvgIpc) is 2.73. The molecule has 0 amide bonds. The number of para-hydroxylation sites is 1. The Labute approximate surface area is 102 Å². The smallest absolute Gasteiger partial charge is 0.234 e. The second kappa shape index (κ2) is 4.03. The quantitative estimate of drug-likeness (QED) is 0.705. The number of fused-ring (bicyclic) bond motifs is 1. The Morgan fingerprint density at radius 2 is 1.94 bits per heavy atom. The highest BCUT2D eigenvalue weighted by Gasteiger charge is 2.05. The lowest BCUT2D eigenvalue weighted by molar-refractivity contribution is 1.07. The van der Waals surface area contributed by atoms with E-state index in [9.17, 15) is 0 Å². The van der Waals surface area contributed by atoms with Crippen molar-refractivity contribution in [2.45, 2.75) is 0 Å². The van der Waals surface area contributed by atoms with Gasteiger partial charge < -0.3 is 5.32 Å². The van der Waals surface area contributed by atoms with Crippen LogP contribution in [0.3, 0.4) is 0 Å². The van der Waals surface area contributed by atoms with Crippen LogP contribution in [0, 0.1) is 0 Å². The molecule has 3 aromatic rings. The Morgan fingerprint density at radius 3 is 2.76 bits per heavy atom. The fraction of sp³-hybridized carbons (Fsp3) is 0. The van der Waals surface area contributed by atoms with Gasteiger partial charge in [0.05, 0.1) is 0 Å². The van der Waals surface area contributed by atoms with Crippen molar-refractivity contribution in [1.29, 1.82) is 0 Å². The van der Waals surface area contributed by atoms with E-state index < -0.39 is 0 Å². The van der Waals surface area contributed by atoms with Crippen LogP contribution in [0.15, 0.2) is 42.7 Å². The highest BCUT2D eigenvalue weighted by atomic mass is 35.5. The van der Waals surface area contributed by atoms with Gasteiger partial charge in [-0.3, -0.25) is 4.40 Å². The fourth-order valence-electron chi connectivity index (χ4n) is 1.51. The predicted octanol–water partition coefficient (Wildman–Crippen LogP) is 2.52. The van der Waals surface area contributed by atoms with E-state index in [0.717, 1.165) is 5.69 Å². The summed E-state index contributed by atoms with van der Waals surface area (Å²) in [7, 11) is 0. The van der Waals surface area contributed by atoms with E-state index in [1.807, 2.05) is 30.3 Å². The van der Waals surface area contributed by atoms with E-state index in [4.69, 9.17) is 11.6 Å². The third kappa shape index (κ3) is 1.92. The minimum atomic E-state index is 0.399. The SMILES string of the molecule is Clc1cc2nnc(Nc3ccccc3)n2cn1. The number of nitrogens with zero attached hydrogens (tertiary/aromatic N) is 4. The maximum atomic E-state index is 5.78. The van der Waals surface area contributed by atoms with Crippen LogP contribution in [0.4, 0.5) is 11.6 Å². The van der Waals surface area contributed by atoms with Gasteiger partial charge in [-0.2, -0.15) is 0 Å². The van der Waals surface area contributed by atoms with Crippen LogP contribution in [0.2, 0.25) is 5.15 Å². The van der Waals surface area contributed by atoms with Crippen LogP contribution in [0.25, 0.3) is 5.65 Å². The molecule has 1 aromatic carbocycles. The van der Waals surface area contributed by atoms with E-state index in [1.165, 1.54) is 0 Å². The zero-order valence-corrected chi connectivity index (χ0v) is 9.46. The van der Waals surface area contributed by atoms with Gasteiger partial charge in [-0.1, -0.05) is 29.8 Å². The molecule has 0 radical (unpaired) electrons. The first kappa shape index (κ1) is 10.0. The van der Waals surface area contributed by atoms with Crippen molar-refractivity contribution in [2.75, 3.05) is 5.32 Å². The molecular formula is C11H8ClN5. The Morgan fingerprint density at radius 1 is 1.12 bits per heavy atom. The van der Waals surface area contributed by atoms with Crippen molar-refractivity contribution in [3.05, 3.63) is 47.9 Å². The van der Waals surface area contributed by atoms with Crippen molar-refractivity contribution in [3.63, 3.8) is 0 Å². The first-order valence-electron chi connectivity index (χ1n) is 5.01. The minimum Gasteiger partial charge on any atom is -0.324 e. The van der Waals surface area contributed by atoms with Gasteiger partial charge in [0.15, 0.2) is 5.65 Å². The molecule has 0 atom stereocenters. The monoisotopic (exact) mass is 245 g/mol. The van der Waals surface area contributed by atoms with Crippen LogP contribution < -0.4 is 5.32 Å². The van der Waals surface area contributed by atoms with Crippen LogP contribution in [0.1, 0.15) is 0 Å². The highest BCUT2D eigenvalue weighted by molar-refractivity contribution is 6.29. The van der Waals surface area contributed by atoms with Gasteiger partial charge in [0.25, 0.3) is 0 Å². The van der Waals surface area contributed by atoms with Crippen molar-refractivity contribution >= 4 is 28.9 Å². The van der Waals surface area contributed by atoms with E-state index in [-0.39, 0.29) is 0 Å². The summed E-state index contributed by atoms with van der Waals surface area (Å²) in [6.07, 6.45) is 1.59. The first-order valence-corrected chi connectivity index (χ1v) is 5.39. The molecule has 3 rings (SSSR count). The van der Waals surface area contributed by atoms with Gasteiger partial charge in [0, 0.05) is 11.8 Å². The second-order valence-corrected chi connectivity index (χ2v) is 3.84. The third-order valence-corrected chi connectivity index (χ3v) is 2.50. The van der Waals surface area contributed by atoms with Gasteiger partial charge >= 0.3 is 0 Å². The summed E-state index contributed by atoms with van der Waals surface area (Å²) in [5, 5.41) is 11.6. The largest absolute Gasteiger partial charge is 0.324 e. The predicted molar refractivity (Wildman–Crippen MR) is 65.5 cm³/mol. The third-order valence-electron chi connectivity index (χ3n) is 2.30. The number of nitrogens with one attached hydrogen (secondary N) is 1. The number of halogens is 1. The molecule has 5 nitrogen and oxygen atoms in total. The summed E-state index contributed by atoms with van der Waals surface area (Å²) in [5.74, 6) is 0.607. The van der Waals surface area contributed by atoms with Crippen LogP contribution >= 0.6 is 11.6 Å². The van der Waals surface area contributed by atoms with E-state index in [2.05, 4.69) is 20.5 Å².